The molecule has 1 aromatic rings. The van der Waals surface area contributed by atoms with E-state index < -0.39 is 0 Å². The van der Waals surface area contributed by atoms with Crippen molar-refractivity contribution in [1.29, 1.82) is 0 Å². The molecule has 0 spiro atoms. The largest absolute Gasteiger partial charge is 0.342 e. The molecule has 1 heterocycles. The molecule has 1 aliphatic heterocycles. The van der Waals surface area contributed by atoms with Crippen molar-refractivity contribution in [2.24, 2.45) is 17.6 Å². The molecule has 1 aliphatic rings. The summed E-state index contributed by atoms with van der Waals surface area (Å²) in [4.78, 5) is 14.8. The summed E-state index contributed by atoms with van der Waals surface area (Å²) in [5.74, 6) is 0.895. The average Bonchev–Trinajstić information content (AvgIpc) is 2.56. The van der Waals surface area contributed by atoms with Crippen molar-refractivity contribution in [3.8, 4) is 0 Å². The second kappa shape index (κ2) is 7.28. The molecule has 2 rings (SSSR count). The predicted octanol–water partition coefficient (Wildman–Crippen LogP) is 3.19. The first kappa shape index (κ1) is 17.0. The van der Waals surface area contributed by atoms with E-state index in [1.165, 1.54) is 5.56 Å². The van der Waals surface area contributed by atoms with Crippen LogP contribution in [0.5, 0.6) is 0 Å². The zero-order chi connectivity index (χ0) is 16.2. The molecule has 3 heteroatoms. The van der Waals surface area contributed by atoms with Crippen molar-refractivity contribution in [1.82, 2.24) is 4.90 Å². The van der Waals surface area contributed by atoms with Gasteiger partial charge in [0.15, 0.2) is 0 Å². The van der Waals surface area contributed by atoms with Crippen molar-refractivity contribution < 1.29 is 4.79 Å². The summed E-state index contributed by atoms with van der Waals surface area (Å²) >= 11 is 0. The highest BCUT2D eigenvalue weighted by molar-refractivity contribution is 5.79. The Labute approximate surface area is 134 Å². The number of benzene rings is 1. The highest BCUT2D eigenvalue weighted by atomic mass is 16.2. The van der Waals surface area contributed by atoms with Crippen molar-refractivity contribution in [2.75, 3.05) is 19.6 Å². The maximum Gasteiger partial charge on any atom is 0.225 e. The maximum absolute atomic E-state index is 12.7. The van der Waals surface area contributed by atoms with E-state index in [9.17, 15) is 4.79 Å². The smallest absolute Gasteiger partial charge is 0.225 e. The van der Waals surface area contributed by atoms with Gasteiger partial charge in [-0.1, -0.05) is 51.1 Å². The molecule has 122 valence electrons. The van der Waals surface area contributed by atoms with E-state index in [1.807, 2.05) is 6.07 Å². The number of carbonyl (C=O) groups is 1. The first-order chi connectivity index (χ1) is 10.5. The van der Waals surface area contributed by atoms with Gasteiger partial charge in [-0.25, -0.2) is 0 Å². The summed E-state index contributed by atoms with van der Waals surface area (Å²) in [6.07, 6.45) is 2.86. The van der Waals surface area contributed by atoms with Crippen LogP contribution >= 0.6 is 0 Å². The monoisotopic (exact) mass is 302 g/mol. The van der Waals surface area contributed by atoms with E-state index in [0.29, 0.717) is 18.4 Å². The Bertz CT molecular complexity index is 475. The predicted molar refractivity (Wildman–Crippen MR) is 91.6 cm³/mol. The molecular weight excluding hydrogens is 272 g/mol. The number of nitrogens with two attached hydrogens (primary N) is 1. The van der Waals surface area contributed by atoms with E-state index in [2.05, 4.69) is 49.9 Å². The molecule has 22 heavy (non-hydrogen) atoms. The number of carbonyl (C=O) groups excluding carboxylic acids is 1. The van der Waals surface area contributed by atoms with Crippen molar-refractivity contribution in [2.45, 2.75) is 45.4 Å². The van der Waals surface area contributed by atoms with Crippen LogP contribution < -0.4 is 5.73 Å². The maximum atomic E-state index is 12.7. The third-order valence-electron chi connectivity index (χ3n) is 5.37. The van der Waals surface area contributed by atoms with Crippen LogP contribution in [-0.4, -0.2) is 30.4 Å². The second-order valence-electron chi connectivity index (χ2n) is 6.93. The number of piperidine rings is 1. The highest BCUT2D eigenvalue weighted by Gasteiger charge is 2.37. The molecule has 1 atom stereocenters. The third-order valence-corrected chi connectivity index (χ3v) is 5.37. The molecule has 2 N–H and O–H groups in total. The summed E-state index contributed by atoms with van der Waals surface area (Å²) in [5.41, 5.74) is 7.48. The summed E-state index contributed by atoms with van der Waals surface area (Å²) in [6.45, 7) is 8.71. The molecule has 3 nitrogen and oxygen atoms in total. The van der Waals surface area contributed by atoms with E-state index in [1.54, 1.807) is 0 Å². The minimum Gasteiger partial charge on any atom is -0.342 e. The molecule has 1 unspecified atom stereocenters. The van der Waals surface area contributed by atoms with Gasteiger partial charge in [-0.05, 0) is 30.7 Å². The van der Waals surface area contributed by atoms with Gasteiger partial charge < -0.3 is 10.6 Å². The fourth-order valence-corrected chi connectivity index (χ4v) is 3.72. The van der Waals surface area contributed by atoms with Crippen LogP contribution in [0.25, 0.3) is 0 Å². The number of hydrogen-bond acceptors (Lipinski definition) is 2. The number of hydrogen-bond donors (Lipinski definition) is 1. The van der Waals surface area contributed by atoms with Crippen LogP contribution in [0, 0.1) is 11.8 Å². The fourth-order valence-electron chi connectivity index (χ4n) is 3.72. The van der Waals surface area contributed by atoms with Gasteiger partial charge in [0.1, 0.15) is 0 Å². The molecule has 0 saturated carbocycles. The van der Waals surface area contributed by atoms with E-state index in [-0.39, 0.29) is 11.3 Å². The number of rotatable bonds is 5. The van der Waals surface area contributed by atoms with Crippen LogP contribution in [-0.2, 0) is 10.2 Å². The lowest BCUT2D eigenvalue weighted by Gasteiger charge is -2.42. The van der Waals surface area contributed by atoms with Gasteiger partial charge in [0.25, 0.3) is 0 Å². The number of amides is 1. The summed E-state index contributed by atoms with van der Waals surface area (Å²) < 4.78 is 0. The zero-order valence-electron chi connectivity index (χ0n) is 14.2. The Morgan fingerprint density at radius 1 is 1.23 bits per heavy atom. The van der Waals surface area contributed by atoms with E-state index in [0.717, 1.165) is 32.4 Å². The molecule has 0 aliphatic carbocycles. The molecular formula is C19H30N2O. The Morgan fingerprint density at radius 3 is 2.27 bits per heavy atom. The molecule has 0 aromatic heterocycles. The molecule has 0 bridgehead atoms. The molecule has 1 fully saturated rings. The van der Waals surface area contributed by atoms with E-state index >= 15 is 0 Å². The normalized spacial score (nSPS) is 19.2. The van der Waals surface area contributed by atoms with Crippen molar-refractivity contribution >= 4 is 5.91 Å². The third kappa shape index (κ3) is 3.35. The molecule has 1 aromatic carbocycles. The summed E-state index contributed by atoms with van der Waals surface area (Å²) in [7, 11) is 0. The minimum atomic E-state index is 0.0393. The quantitative estimate of drug-likeness (QED) is 0.908. The Morgan fingerprint density at radius 2 is 1.82 bits per heavy atom. The lowest BCUT2D eigenvalue weighted by atomic mass is 9.72. The van der Waals surface area contributed by atoms with E-state index in [4.69, 9.17) is 5.73 Å². The standard InChI is InChI=1S/C19H30N2O/c1-4-17(15(2)3)18(22)21-12-10-19(14-20,11-13-21)16-8-6-5-7-9-16/h5-9,15,17H,4,10-14,20H2,1-3H3. The van der Waals surface area contributed by atoms with Gasteiger partial charge in [0.05, 0.1) is 0 Å². The van der Waals surface area contributed by atoms with Crippen LogP contribution in [0.4, 0.5) is 0 Å². The van der Waals surface area contributed by atoms with Gasteiger partial charge in [0, 0.05) is 31.0 Å². The lowest BCUT2D eigenvalue weighted by molar-refractivity contribution is -0.138. The Kier molecular flexibility index (Phi) is 5.63. The van der Waals surface area contributed by atoms with Gasteiger partial charge in [0.2, 0.25) is 5.91 Å². The van der Waals surface area contributed by atoms with Crippen LogP contribution in [0.15, 0.2) is 30.3 Å². The molecule has 1 amide bonds. The number of nitrogens with zero attached hydrogens (tertiary/aromatic N) is 1. The topological polar surface area (TPSA) is 46.3 Å². The van der Waals surface area contributed by atoms with Gasteiger partial charge >= 0.3 is 0 Å². The van der Waals surface area contributed by atoms with Gasteiger partial charge in [-0.3, -0.25) is 4.79 Å². The second-order valence-corrected chi connectivity index (χ2v) is 6.93. The Hall–Kier alpha value is -1.35. The van der Waals surface area contributed by atoms with Crippen LogP contribution in [0.2, 0.25) is 0 Å². The minimum absolute atomic E-state index is 0.0393. The van der Waals surface area contributed by atoms with Gasteiger partial charge in [-0.15, -0.1) is 0 Å². The fraction of sp³-hybridized carbons (Fsp3) is 0.632. The van der Waals surface area contributed by atoms with Crippen LogP contribution in [0.1, 0.15) is 45.6 Å². The average molecular weight is 302 g/mol. The van der Waals surface area contributed by atoms with Crippen molar-refractivity contribution in [3.63, 3.8) is 0 Å². The highest BCUT2D eigenvalue weighted by Crippen LogP contribution is 2.35. The first-order valence-corrected chi connectivity index (χ1v) is 8.58. The van der Waals surface area contributed by atoms with Crippen LogP contribution in [0.3, 0.4) is 0 Å². The molecule has 1 saturated heterocycles. The van der Waals surface area contributed by atoms with Crippen molar-refractivity contribution in [3.05, 3.63) is 35.9 Å². The number of likely N-dealkylation sites (tertiary alicyclic amines) is 1. The first-order valence-electron chi connectivity index (χ1n) is 8.58. The van der Waals surface area contributed by atoms with Gasteiger partial charge in [-0.2, -0.15) is 0 Å². The summed E-state index contributed by atoms with van der Waals surface area (Å²) in [6, 6.07) is 10.5. The SMILES string of the molecule is CCC(C(=O)N1CCC(CN)(c2ccccc2)CC1)C(C)C. The summed E-state index contributed by atoms with van der Waals surface area (Å²) in [5, 5.41) is 0. The zero-order valence-corrected chi connectivity index (χ0v) is 14.2. The lowest BCUT2D eigenvalue weighted by Crippen LogP contribution is -2.50. The molecule has 0 radical (unpaired) electrons. The Balaban J connectivity index is 2.07.